The molecule has 5 heteroatoms. The van der Waals surface area contributed by atoms with Crippen LogP contribution in [0.2, 0.25) is 0 Å². The van der Waals surface area contributed by atoms with Gasteiger partial charge in [0.15, 0.2) is 9.84 Å². The van der Waals surface area contributed by atoms with Crippen LogP contribution in [0.5, 0.6) is 0 Å². The maximum atomic E-state index is 11.1. The molecule has 0 atom stereocenters. The molecule has 0 aliphatic carbocycles. The van der Waals surface area contributed by atoms with Gasteiger partial charge in [0.1, 0.15) is 11.0 Å². The summed E-state index contributed by atoms with van der Waals surface area (Å²) in [7, 11) is -3.44. The first-order chi connectivity index (χ1) is 6.93. The van der Waals surface area contributed by atoms with Gasteiger partial charge in [0.25, 0.3) is 0 Å². The van der Waals surface area contributed by atoms with E-state index in [1.807, 2.05) is 6.07 Å². The lowest BCUT2D eigenvalue weighted by Gasteiger charge is -1.96. The van der Waals surface area contributed by atoms with Crippen molar-refractivity contribution in [2.75, 3.05) is 6.26 Å². The molecule has 0 saturated heterocycles. The molecule has 1 rings (SSSR count). The van der Waals surface area contributed by atoms with Gasteiger partial charge in [-0.3, -0.25) is 0 Å². The normalized spacial score (nSPS) is 12.2. The van der Waals surface area contributed by atoms with Gasteiger partial charge in [-0.1, -0.05) is 28.1 Å². The molecule has 0 saturated carbocycles. The standard InChI is InChI=1S/C10H8BrNO2S/c1-15(13,14)10(7-12)6-8-3-2-4-9(11)5-8/h2-6H,1H3/b10-6+. The molecule has 0 aliphatic rings. The van der Waals surface area contributed by atoms with Crippen LogP contribution >= 0.6 is 15.9 Å². The van der Waals surface area contributed by atoms with Crippen LogP contribution in [0.1, 0.15) is 5.56 Å². The highest BCUT2D eigenvalue weighted by Crippen LogP contribution is 2.15. The number of hydrogen-bond acceptors (Lipinski definition) is 3. The molecule has 1 aromatic carbocycles. The highest BCUT2D eigenvalue weighted by Gasteiger charge is 2.09. The van der Waals surface area contributed by atoms with E-state index < -0.39 is 9.84 Å². The van der Waals surface area contributed by atoms with Gasteiger partial charge in [0.05, 0.1) is 0 Å². The summed E-state index contributed by atoms with van der Waals surface area (Å²) in [5, 5.41) is 8.68. The molecule has 15 heavy (non-hydrogen) atoms. The quantitative estimate of drug-likeness (QED) is 0.784. The Labute approximate surface area is 97.1 Å². The van der Waals surface area contributed by atoms with E-state index in [4.69, 9.17) is 5.26 Å². The monoisotopic (exact) mass is 285 g/mol. The third-order valence-corrected chi connectivity index (χ3v) is 3.16. The Bertz CT molecular complexity index is 541. The van der Waals surface area contributed by atoms with Crippen LogP contribution in [0.3, 0.4) is 0 Å². The lowest BCUT2D eigenvalue weighted by molar-refractivity contribution is 0.609. The van der Waals surface area contributed by atoms with E-state index in [2.05, 4.69) is 15.9 Å². The summed E-state index contributed by atoms with van der Waals surface area (Å²) in [4.78, 5) is -0.236. The van der Waals surface area contributed by atoms with Gasteiger partial charge in [-0.25, -0.2) is 8.42 Å². The zero-order chi connectivity index (χ0) is 11.5. The van der Waals surface area contributed by atoms with Crippen molar-refractivity contribution in [3.8, 4) is 6.07 Å². The topological polar surface area (TPSA) is 57.9 Å². The number of allylic oxidation sites excluding steroid dienone is 1. The molecule has 0 amide bonds. The minimum absolute atomic E-state index is 0.236. The van der Waals surface area contributed by atoms with Crippen LogP contribution < -0.4 is 0 Å². The van der Waals surface area contributed by atoms with E-state index in [9.17, 15) is 8.42 Å². The molecule has 0 N–H and O–H groups in total. The third kappa shape index (κ3) is 3.50. The fourth-order valence-corrected chi connectivity index (χ4v) is 1.90. The second kappa shape index (κ2) is 4.60. The SMILES string of the molecule is CS(=O)(=O)/C(C#N)=C/c1cccc(Br)c1. The Morgan fingerprint density at radius 2 is 2.20 bits per heavy atom. The van der Waals surface area contributed by atoms with E-state index in [0.717, 1.165) is 10.7 Å². The van der Waals surface area contributed by atoms with Gasteiger partial charge < -0.3 is 0 Å². The van der Waals surface area contributed by atoms with Crippen molar-refractivity contribution in [1.29, 1.82) is 5.26 Å². The van der Waals surface area contributed by atoms with Crippen LogP contribution in [0.4, 0.5) is 0 Å². The van der Waals surface area contributed by atoms with Gasteiger partial charge in [0, 0.05) is 10.7 Å². The number of sulfone groups is 1. The summed E-state index contributed by atoms with van der Waals surface area (Å²) in [6, 6.07) is 8.73. The number of benzene rings is 1. The van der Waals surface area contributed by atoms with Crippen LogP contribution in [0, 0.1) is 11.3 Å². The van der Waals surface area contributed by atoms with E-state index in [-0.39, 0.29) is 4.91 Å². The van der Waals surface area contributed by atoms with Gasteiger partial charge in [-0.05, 0) is 23.8 Å². The maximum absolute atomic E-state index is 11.1. The zero-order valence-electron chi connectivity index (χ0n) is 7.94. The molecule has 0 heterocycles. The number of rotatable bonds is 2. The summed E-state index contributed by atoms with van der Waals surface area (Å²) in [5.74, 6) is 0. The van der Waals surface area contributed by atoms with E-state index in [0.29, 0.717) is 5.56 Å². The minimum Gasteiger partial charge on any atom is -0.223 e. The molecule has 3 nitrogen and oxygen atoms in total. The average molecular weight is 286 g/mol. The summed E-state index contributed by atoms with van der Waals surface area (Å²) in [6.45, 7) is 0. The summed E-state index contributed by atoms with van der Waals surface area (Å²) in [5.41, 5.74) is 0.673. The second-order valence-electron chi connectivity index (χ2n) is 2.95. The van der Waals surface area contributed by atoms with Crippen molar-refractivity contribution in [3.63, 3.8) is 0 Å². The molecule has 0 bridgehead atoms. The highest BCUT2D eigenvalue weighted by molar-refractivity contribution is 9.10. The Balaban J connectivity index is 3.23. The molecular formula is C10H8BrNO2S. The number of hydrogen-bond donors (Lipinski definition) is 0. The molecule has 0 radical (unpaired) electrons. The average Bonchev–Trinajstić information content (AvgIpc) is 2.12. The van der Waals surface area contributed by atoms with E-state index in [1.165, 1.54) is 6.08 Å². The first kappa shape index (κ1) is 12.0. The lowest BCUT2D eigenvalue weighted by Crippen LogP contribution is -1.98. The van der Waals surface area contributed by atoms with Crippen molar-refractivity contribution in [2.24, 2.45) is 0 Å². The fraction of sp³-hybridized carbons (Fsp3) is 0.100. The smallest absolute Gasteiger partial charge is 0.185 e. The molecule has 0 aliphatic heterocycles. The van der Waals surface area contributed by atoms with Crippen LogP contribution in [0.25, 0.3) is 6.08 Å². The van der Waals surface area contributed by atoms with Gasteiger partial charge in [-0.2, -0.15) is 5.26 Å². The second-order valence-corrected chi connectivity index (χ2v) is 5.85. The predicted octanol–water partition coefficient (Wildman–Crippen LogP) is 2.36. The maximum Gasteiger partial charge on any atom is 0.185 e. The van der Waals surface area contributed by atoms with Gasteiger partial charge >= 0.3 is 0 Å². The lowest BCUT2D eigenvalue weighted by atomic mass is 10.2. The number of nitrogens with zero attached hydrogens (tertiary/aromatic N) is 1. The van der Waals surface area contributed by atoms with Crippen LogP contribution in [-0.4, -0.2) is 14.7 Å². The minimum atomic E-state index is -3.44. The summed E-state index contributed by atoms with van der Waals surface area (Å²) >= 11 is 3.26. The molecule has 0 unspecified atom stereocenters. The Kier molecular flexibility index (Phi) is 3.66. The van der Waals surface area contributed by atoms with Crippen molar-refractivity contribution in [2.45, 2.75) is 0 Å². The Morgan fingerprint density at radius 3 is 2.67 bits per heavy atom. The van der Waals surface area contributed by atoms with Crippen molar-refractivity contribution in [3.05, 3.63) is 39.2 Å². The Morgan fingerprint density at radius 1 is 1.53 bits per heavy atom. The first-order valence-corrected chi connectivity index (χ1v) is 6.69. The summed E-state index contributed by atoms with van der Waals surface area (Å²) in [6.07, 6.45) is 2.36. The fourth-order valence-electron chi connectivity index (χ4n) is 0.970. The Hall–Kier alpha value is -1.12. The highest BCUT2D eigenvalue weighted by atomic mass is 79.9. The van der Waals surface area contributed by atoms with Gasteiger partial charge in [0.2, 0.25) is 0 Å². The molecule has 0 aromatic heterocycles. The number of nitriles is 1. The molecule has 78 valence electrons. The van der Waals surface area contributed by atoms with Crippen LogP contribution in [0.15, 0.2) is 33.6 Å². The first-order valence-electron chi connectivity index (χ1n) is 4.01. The number of halogens is 1. The third-order valence-electron chi connectivity index (χ3n) is 1.66. The molecular weight excluding hydrogens is 278 g/mol. The molecule has 0 fully saturated rings. The van der Waals surface area contributed by atoms with E-state index >= 15 is 0 Å². The van der Waals surface area contributed by atoms with Crippen molar-refractivity contribution < 1.29 is 8.42 Å². The summed E-state index contributed by atoms with van der Waals surface area (Å²) < 4.78 is 23.1. The molecule has 1 aromatic rings. The van der Waals surface area contributed by atoms with E-state index in [1.54, 1.807) is 24.3 Å². The molecule has 0 spiro atoms. The van der Waals surface area contributed by atoms with Crippen LogP contribution in [-0.2, 0) is 9.84 Å². The zero-order valence-corrected chi connectivity index (χ0v) is 10.3. The van der Waals surface area contributed by atoms with Crippen molar-refractivity contribution >= 4 is 31.8 Å². The predicted molar refractivity (Wildman–Crippen MR) is 62.6 cm³/mol. The van der Waals surface area contributed by atoms with Gasteiger partial charge in [-0.15, -0.1) is 0 Å². The largest absolute Gasteiger partial charge is 0.223 e. The van der Waals surface area contributed by atoms with Crippen molar-refractivity contribution in [1.82, 2.24) is 0 Å².